The first-order chi connectivity index (χ1) is 2.50. The second-order valence-corrected chi connectivity index (χ2v) is 1.23. The molecule has 0 fully saturated rings. The Morgan fingerprint density at radius 3 is 2.14 bits per heavy atom. The maximum atomic E-state index is 3.51. The molecule has 0 aromatic carbocycles. The fourth-order valence-corrected chi connectivity index (χ4v) is 0.408. The van der Waals surface area contributed by atoms with E-state index in [9.17, 15) is 0 Å². The van der Waals surface area contributed by atoms with Gasteiger partial charge in [-0.05, 0) is 11.5 Å². The van der Waals surface area contributed by atoms with Crippen molar-refractivity contribution in [1.82, 2.24) is 9.59 Å². The van der Waals surface area contributed by atoms with E-state index in [-0.39, 0.29) is 59.1 Å². The molecule has 0 atom stereocenters. The minimum Gasteiger partial charge on any atom is -0.147 e. The topological polar surface area (TPSA) is 25.8 Å². The molecule has 0 spiro atoms. The van der Waals surface area contributed by atoms with E-state index < -0.39 is 0 Å². The van der Waals surface area contributed by atoms with Gasteiger partial charge in [0.25, 0.3) is 0 Å². The molecule has 1 rings (SSSR count). The number of hydrogen-bond donors (Lipinski definition) is 0. The molecule has 1 aromatic heterocycles. The zero-order valence-corrected chi connectivity index (χ0v) is 9.27. The van der Waals surface area contributed by atoms with Gasteiger partial charge in [0.2, 0.25) is 0 Å². The zero-order valence-electron chi connectivity index (χ0n) is 4.46. The molecule has 0 aliphatic carbocycles. The molecule has 2 radical (unpaired) electrons. The molecule has 0 aliphatic rings. The van der Waals surface area contributed by atoms with Crippen molar-refractivity contribution < 1.29 is 0 Å². The summed E-state index contributed by atoms with van der Waals surface area (Å²) in [6, 6.07) is 0. The Bertz CT molecular complexity index is 70.2. The zero-order chi connectivity index (χ0) is 3.54. The predicted molar refractivity (Wildman–Crippen MR) is 31.4 cm³/mol. The Kier molecular flexibility index (Phi) is 12.3. The first-order valence-corrected chi connectivity index (χ1v) is 2.05. The minimum absolute atomic E-state index is 0. The molecular weight excluding hydrogens is 130 g/mol. The van der Waals surface area contributed by atoms with Crippen LogP contribution in [0.3, 0.4) is 0 Å². The van der Waals surface area contributed by atoms with E-state index in [0.29, 0.717) is 0 Å². The van der Waals surface area contributed by atoms with Crippen LogP contribution < -0.4 is 0 Å². The largest absolute Gasteiger partial charge is 0.147 e. The number of aromatic nitrogens is 2. The summed E-state index contributed by atoms with van der Waals surface area (Å²) in [6.45, 7) is 0. The normalized spacial score (nSPS) is 5.71. The van der Waals surface area contributed by atoms with Crippen LogP contribution in [0.25, 0.3) is 0 Å². The average molecular weight is 132 g/mol. The molecule has 0 saturated heterocycles. The molecule has 1 aromatic rings. The maximum absolute atomic E-state index is 3.51. The van der Waals surface area contributed by atoms with Gasteiger partial charge in [-0.2, -0.15) is 0 Å². The van der Waals surface area contributed by atoms with Crippen molar-refractivity contribution in [2.75, 3.05) is 0 Å². The summed E-state index contributed by atoms with van der Waals surface area (Å²) in [6.07, 6.45) is 1.66. The predicted octanol–water partition coefficient (Wildman–Crippen LogP) is -0.224. The van der Waals surface area contributed by atoms with Crippen LogP contribution >= 0.6 is 11.5 Å². The van der Waals surface area contributed by atoms with Gasteiger partial charge in [-0.1, -0.05) is 4.49 Å². The first kappa shape index (κ1) is 11.4. The van der Waals surface area contributed by atoms with Crippen molar-refractivity contribution in [3.05, 3.63) is 11.6 Å². The summed E-state index contributed by atoms with van der Waals surface area (Å²) in [7, 11) is 0. The van der Waals surface area contributed by atoms with Crippen molar-refractivity contribution in [1.29, 1.82) is 0 Å². The van der Waals surface area contributed by atoms with Crippen molar-refractivity contribution in [2.45, 2.75) is 0 Å². The third-order valence-corrected chi connectivity index (χ3v) is 0.715. The van der Waals surface area contributed by atoms with Crippen LogP contribution in [0.5, 0.6) is 0 Å². The van der Waals surface area contributed by atoms with Crippen molar-refractivity contribution in [3.8, 4) is 0 Å². The average Bonchev–Trinajstić information content (AvgIpc) is 1.76. The standard InChI is InChI=1S/C2H2N2S.2Na/c1-2-5-4-3-1;;/h1-2H;;. The molecule has 1 heterocycles. The van der Waals surface area contributed by atoms with Gasteiger partial charge in [0.15, 0.2) is 0 Å². The Balaban J connectivity index is 0. The Morgan fingerprint density at radius 2 is 2.00 bits per heavy atom. The van der Waals surface area contributed by atoms with E-state index in [1.54, 1.807) is 6.20 Å². The van der Waals surface area contributed by atoms with E-state index in [1.165, 1.54) is 11.5 Å². The first-order valence-electron chi connectivity index (χ1n) is 1.21. The molecule has 5 heteroatoms. The van der Waals surface area contributed by atoms with Gasteiger partial charge in [0.1, 0.15) is 0 Å². The quantitative estimate of drug-likeness (QED) is 0.456. The second kappa shape index (κ2) is 7.56. The molecular formula is C2H2N2Na2S. The third kappa shape index (κ3) is 5.43. The third-order valence-electron chi connectivity index (χ3n) is 0.283. The molecule has 0 aliphatic heterocycles. The summed E-state index contributed by atoms with van der Waals surface area (Å²) in [4.78, 5) is 0. The van der Waals surface area contributed by atoms with Crippen LogP contribution in [0.4, 0.5) is 0 Å². The van der Waals surface area contributed by atoms with Crippen molar-refractivity contribution >= 4 is 70.6 Å². The monoisotopic (exact) mass is 132 g/mol. The van der Waals surface area contributed by atoms with E-state index in [2.05, 4.69) is 9.59 Å². The van der Waals surface area contributed by atoms with E-state index >= 15 is 0 Å². The van der Waals surface area contributed by atoms with Crippen molar-refractivity contribution in [2.24, 2.45) is 0 Å². The Hall–Kier alpha value is 1.56. The fourth-order valence-electron chi connectivity index (χ4n) is 0.136. The van der Waals surface area contributed by atoms with E-state index in [1.807, 2.05) is 5.38 Å². The fraction of sp³-hybridized carbons (Fsp3) is 0. The minimum atomic E-state index is 0. The number of nitrogens with zero attached hydrogens (tertiary/aromatic N) is 2. The molecule has 0 N–H and O–H groups in total. The molecule has 0 saturated carbocycles. The summed E-state index contributed by atoms with van der Waals surface area (Å²) in [5.74, 6) is 0. The summed E-state index contributed by atoms with van der Waals surface area (Å²) in [5, 5.41) is 5.31. The maximum Gasteiger partial charge on any atom is 0.0620 e. The molecule has 0 unspecified atom stereocenters. The summed E-state index contributed by atoms with van der Waals surface area (Å²) < 4.78 is 3.51. The summed E-state index contributed by atoms with van der Waals surface area (Å²) >= 11 is 1.35. The molecule has 0 amide bonds. The molecule has 2 nitrogen and oxygen atoms in total. The van der Waals surface area contributed by atoms with Crippen LogP contribution in [0.1, 0.15) is 0 Å². The van der Waals surface area contributed by atoms with Gasteiger partial charge in [0.05, 0.1) is 6.20 Å². The van der Waals surface area contributed by atoms with Crippen LogP contribution in [0, 0.1) is 0 Å². The van der Waals surface area contributed by atoms with Gasteiger partial charge in [-0.3, -0.25) is 0 Å². The van der Waals surface area contributed by atoms with Crippen LogP contribution in [0.2, 0.25) is 0 Å². The van der Waals surface area contributed by atoms with Crippen molar-refractivity contribution in [3.63, 3.8) is 0 Å². The van der Waals surface area contributed by atoms with Crippen LogP contribution in [-0.2, 0) is 0 Å². The van der Waals surface area contributed by atoms with E-state index in [4.69, 9.17) is 0 Å². The summed E-state index contributed by atoms with van der Waals surface area (Å²) in [5.41, 5.74) is 0. The molecule has 0 bridgehead atoms. The number of hydrogen-bond acceptors (Lipinski definition) is 3. The second-order valence-electron chi connectivity index (χ2n) is 0.588. The van der Waals surface area contributed by atoms with Crippen LogP contribution in [-0.4, -0.2) is 68.7 Å². The van der Waals surface area contributed by atoms with Gasteiger partial charge >= 0.3 is 0 Å². The number of rotatable bonds is 0. The smallest absolute Gasteiger partial charge is 0.0620 e. The molecule has 28 valence electrons. The van der Waals surface area contributed by atoms with Gasteiger partial charge in [0, 0.05) is 64.5 Å². The van der Waals surface area contributed by atoms with Gasteiger partial charge < -0.3 is 0 Å². The van der Waals surface area contributed by atoms with Gasteiger partial charge in [-0.15, -0.1) is 5.10 Å². The molecule has 7 heavy (non-hydrogen) atoms. The Morgan fingerprint density at radius 1 is 1.29 bits per heavy atom. The van der Waals surface area contributed by atoms with Gasteiger partial charge in [-0.25, -0.2) is 0 Å². The SMILES string of the molecule is [Na].[Na].c1csnn1. The van der Waals surface area contributed by atoms with Crippen LogP contribution in [0.15, 0.2) is 11.6 Å². The Labute approximate surface area is 90.4 Å². The van der Waals surface area contributed by atoms with E-state index in [0.717, 1.165) is 0 Å².